The first-order valence-corrected chi connectivity index (χ1v) is 11.1. The summed E-state index contributed by atoms with van der Waals surface area (Å²) in [5.41, 5.74) is 3.19. The highest BCUT2D eigenvalue weighted by atomic mass is 16.5. The van der Waals surface area contributed by atoms with Crippen LogP contribution in [0.5, 0.6) is 5.75 Å². The molecular formula is C23H28N6O2. The van der Waals surface area contributed by atoms with E-state index in [0.717, 1.165) is 61.2 Å². The molecular weight excluding hydrogens is 392 g/mol. The smallest absolute Gasteiger partial charge is 0.290 e. The molecule has 1 aromatic carbocycles. The maximum atomic E-state index is 13.0. The highest BCUT2D eigenvalue weighted by molar-refractivity contribution is 5.93. The zero-order chi connectivity index (χ0) is 21.4. The van der Waals surface area contributed by atoms with E-state index in [0.29, 0.717) is 11.4 Å². The van der Waals surface area contributed by atoms with Gasteiger partial charge in [0.1, 0.15) is 28.4 Å². The van der Waals surface area contributed by atoms with Crippen LogP contribution >= 0.6 is 0 Å². The van der Waals surface area contributed by atoms with Gasteiger partial charge >= 0.3 is 0 Å². The molecule has 0 amide bonds. The van der Waals surface area contributed by atoms with Crippen LogP contribution in [0.25, 0.3) is 22.3 Å². The Bertz CT molecular complexity index is 1240. The Balaban J connectivity index is 1.39. The molecule has 3 fully saturated rings. The minimum Gasteiger partial charge on any atom is -0.488 e. The number of H-pyrrole nitrogens is 1. The highest BCUT2D eigenvalue weighted by Gasteiger charge is 2.47. The standard InChI is InChI=1S/C23H28N6O2/c1-22(6-7-22)31-15-4-5-17-16(12-15)20(25-24-17)18-13-19(21(30)28(3)26-18)29-11-9-23(14-29)8-10-27(23)2/h4-5,12-13H,6-11,14H2,1-3H3,(H,24,25). The monoisotopic (exact) mass is 420 g/mol. The van der Waals surface area contributed by atoms with E-state index in [2.05, 4.69) is 39.1 Å². The number of fused-ring (bicyclic) bond motifs is 1. The molecule has 6 rings (SSSR count). The predicted octanol–water partition coefficient (Wildman–Crippen LogP) is 2.54. The molecule has 1 unspecified atom stereocenters. The summed E-state index contributed by atoms with van der Waals surface area (Å²) in [6, 6.07) is 7.91. The Morgan fingerprint density at radius 1 is 1.10 bits per heavy atom. The van der Waals surface area contributed by atoms with Gasteiger partial charge in [0.25, 0.3) is 5.56 Å². The number of anilines is 1. The fourth-order valence-electron chi connectivity index (χ4n) is 4.98. The van der Waals surface area contributed by atoms with Gasteiger partial charge in [-0.15, -0.1) is 0 Å². The van der Waals surface area contributed by atoms with E-state index in [9.17, 15) is 4.79 Å². The van der Waals surface area contributed by atoms with Crippen LogP contribution in [-0.2, 0) is 7.05 Å². The van der Waals surface area contributed by atoms with Crippen LogP contribution in [0.4, 0.5) is 5.69 Å². The van der Waals surface area contributed by atoms with E-state index in [1.807, 2.05) is 24.3 Å². The lowest BCUT2D eigenvalue weighted by Crippen LogP contribution is -2.59. The Kier molecular flexibility index (Phi) is 3.85. The Morgan fingerprint density at radius 2 is 1.90 bits per heavy atom. The Labute approximate surface area is 180 Å². The maximum Gasteiger partial charge on any atom is 0.290 e. The number of ether oxygens (including phenoxy) is 1. The fraction of sp³-hybridized carbons (Fsp3) is 0.522. The molecule has 162 valence electrons. The van der Waals surface area contributed by atoms with Gasteiger partial charge in [0, 0.05) is 37.6 Å². The topological polar surface area (TPSA) is 79.3 Å². The lowest BCUT2D eigenvalue weighted by Gasteiger charge is -2.48. The Hall–Kier alpha value is -2.87. The summed E-state index contributed by atoms with van der Waals surface area (Å²) < 4.78 is 7.59. The van der Waals surface area contributed by atoms with Crippen molar-refractivity contribution in [2.45, 2.75) is 43.7 Å². The summed E-state index contributed by atoms with van der Waals surface area (Å²) >= 11 is 0. The van der Waals surface area contributed by atoms with Crippen molar-refractivity contribution in [3.8, 4) is 17.1 Å². The zero-order valence-electron chi connectivity index (χ0n) is 18.3. The predicted molar refractivity (Wildman–Crippen MR) is 120 cm³/mol. The maximum absolute atomic E-state index is 13.0. The van der Waals surface area contributed by atoms with E-state index >= 15 is 0 Å². The third-order valence-corrected chi connectivity index (χ3v) is 7.53. The molecule has 2 saturated heterocycles. The average molecular weight is 421 g/mol. The van der Waals surface area contributed by atoms with Crippen molar-refractivity contribution in [2.24, 2.45) is 7.05 Å². The van der Waals surface area contributed by atoms with E-state index < -0.39 is 0 Å². The van der Waals surface area contributed by atoms with E-state index in [-0.39, 0.29) is 16.7 Å². The summed E-state index contributed by atoms with van der Waals surface area (Å²) in [5.74, 6) is 0.842. The zero-order valence-corrected chi connectivity index (χ0v) is 18.3. The van der Waals surface area contributed by atoms with Crippen LogP contribution < -0.4 is 15.2 Å². The van der Waals surface area contributed by atoms with Crippen molar-refractivity contribution >= 4 is 16.6 Å². The first kappa shape index (κ1) is 18.9. The molecule has 4 heterocycles. The second-order valence-corrected chi connectivity index (χ2v) is 9.74. The van der Waals surface area contributed by atoms with Crippen LogP contribution in [0, 0.1) is 0 Å². The van der Waals surface area contributed by atoms with E-state index in [1.165, 1.54) is 11.1 Å². The summed E-state index contributed by atoms with van der Waals surface area (Å²) in [7, 11) is 3.90. The molecule has 3 aliphatic rings. The lowest BCUT2D eigenvalue weighted by atomic mass is 9.85. The van der Waals surface area contributed by atoms with Crippen molar-refractivity contribution < 1.29 is 4.74 Å². The number of aryl methyl sites for hydroxylation is 1. The second kappa shape index (κ2) is 6.32. The van der Waals surface area contributed by atoms with Gasteiger partial charge in [-0.25, -0.2) is 4.68 Å². The fourth-order valence-corrected chi connectivity index (χ4v) is 4.98. The molecule has 8 nitrogen and oxygen atoms in total. The number of aromatic amines is 1. The summed E-state index contributed by atoms with van der Waals surface area (Å²) in [5, 5.41) is 13.1. The first-order chi connectivity index (χ1) is 14.9. The van der Waals surface area contributed by atoms with Crippen LogP contribution in [0.1, 0.15) is 32.6 Å². The normalized spacial score (nSPS) is 24.7. The van der Waals surface area contributed by atoms with Gasteiger partial charge in [0.2, 0.25) is 0 Å². The van der Waals surface area contributed by atoms with Crippen LogP contribution in [0.3, 0.4) is 0 Å². The van der Waals surface area contributed by atoms with Gasteiger partial charge in [-0.05, 0) is 63.9 Å². The van der Waals surface area contributed by atoms with Gasteiger partial charge in [0.15, 0.2) is 0 Å². The van der Waals surface area contributed by atoms with Crippen molar-refractivity contribution in [2.75, 3.05) is 31.6 Å². The molecule has 2 aromatic heterocycles. The molecule has 0 bridgehead atoms. The number of hydrogen-bond acceptors (Lipinski definition) is 6. The van der Waals surface area contributed by atoms with E-state index in [1.54, 1.807) is 7.05 Å². The minimum absolute atomic E-state index is 0.0416. The van der Waals surface area contributed by atoms with Crippen molar-refractivity contribution in [3.05, 3.63) is 34.6 Å². The number of rotatable bonds is 4. The van der Waals surface area contributed by atoms with Gasteiger partial charge in [-0.3, -0.25) is 14.8 Å². The third-order valence-electron chi connectivity index (χ3n) is 7.53. The van der Waals surface area contributed by atoms with Crippen LogP contribution in [0.2, 0.25) is 0 Å². The number of aromatic nitrogens is 4. The highest BCUT2D eigenvalue weighted by Crippen LogP contribution is 2.41. The first-order valence-electron chi connectivity index (χ1n) is 11.1. The van der Waals surface area contributed by atoms with Crippen LogP contribution in [0.15, 0.2) is 29.1 Å². The SMILES string of the molecule is CN1CCC12CCN(c1cc(-c3n[nH]c4ccc(OC5(C)CC5)cc34)nn(C)c1=O)C2. The van der Waals surface area contributed by atoms with Gasteiger partial charge < -0.3 is 9.64 Å². The average Bonchev–Trinajstić information content (AvgIpc) is 3.17. The molecule has 31 heavy (non-hydrogen) atoms. The van der Waals surface area contributed by atoms with Gasteiger partial charge in [-0.2, -0.15) is 10.2 Å². The second-order valence-electron chi connectivity index (χ2n) is 9.74. The number of benzene rings is 1. The molecule has 3 aromatic rings. The Morgan fingerprint density at radius 3 is 2.58 bits per heavy atom. The lowest BCUT2D eigenvalue weighted by molar-refractivity contribution is 0.0307. The quantitative estimate of drug-likeness (QED) is 0.699. The summed E-state index contributed by atoms with van der Waals surface area (Å²) in [6.45, 7) is 5.05. The largest absolute Gasteiger partial charge is 0.488 e. The van der Waals surface area contributed by atoms with Crippen molar-refractivity contribution in [3.63, 3.8) is 0 Å². The number of nitrogens with zero attached hydrogens (tertiary/aromatic N) is 5. The molecule has 2 aliphatic heterocycles. The number of hydrogen-bond donors (Lipinski definition) is 1. The molecule has 1 saturated carbocycles. The number of likely N-dealkylation sites (N-methyl/N-ethyl adjacent to an activating group) is 1. The summed E-state index contributed by atoms with van der Waals surface area (Å²) in [4.78, 5) is 17.6. The summed E-state index contributed by atoms with van der Waals surface area (Å²) in [6.07, 6.45) is 4.46. The molecule has 0 radical (unpaired) electrons. The molecule has 1 N–H and O–H groups in total. The van der Waals surface area contributed by atoms with Crippen molar-refractivity contribution in [1.29, 1.82) is 0 Å². The van der Waals surface area contributed by atoms with Crippen LogP contribution in [-0.4, -0.2) is 62.7 Å². The minimum atomic E-state index is -0.0618. The number of likely N-dealkylation sites (tertiary alicyclic amines) is 1. The molecule has 8 heteroatoms. The van der Waals surface area contributed by atoms with Crippen molar-refractivity contribution in [1.82, 2.24) is 24.9 Å². The molecule has 1 spiro atoms. The third kappa shape index (κ3) is 2.96. The molecule has 1 atom stereocenters. The van der Waals surface area contributed by atoms with Gasteiger partial charge in [-0.1, -0.05) is 0 Å². The number of nitrogens with one attached hydrogen (secondary N) is 1. The van der Waals surface area contributed by atoms with E-state index in [4.69, 9.17) is 4.74 Å². The van der Waals surface area contributed by atoms with Gasteiger partial charge in [0.05, 0.1) is 5.52 Å². The molecule has 1 aliphatic carbocycles.